The molecule has 0 saturated carbocycles. The lowest BCUT2D eigenvalue weighted by molar-refractivity contribution is -0.137. The minimum absolute atomic E-state index is 0.161. The van der Waals surface area contributed by atoms with Gasteiger partial charge in [0.25, 0.3) is 0 Å². The van der Waals surface area contributed by atoms with Gasteiger partial charge in [-0.15, -0.1) is 0 Å². The molecule has 1 aromatic carbocycles. The average Bonchev–Trinajstić information content (AvgIpc) is 3.05. The number of aliphatic carboxylic acids is 1. The summed E-state index contributed by atoms with van der Waals surface area (Å²) in [5.74, 6) is -0.779. The van der Waals surface area contributed by atoms with Gasteiger partial charge in [-0.25, -0.2) is 13.1 Å². The molecule has 2 atom stereocenters. The van der Waals surface area contributed by atoms with E-state index in [2.05, 4.69) is 22.6 Å². The zero-order chi connectivity index (χ0) is 22.0. The number of unbranched alkanes of at least 4 members (excludes halogenated alkanes) is 4. The number of hydrogen-bond donors (Lipinski definition) is 2. The fourth-order valence-electron chi connectivity index (χ4n) is 3.74. The van der Waals surface area contributed by atoms with Crippen LogP contribution in [0.3, 0.4) is 0 Å². The zero-order valence-electron chi connectivity index (χ0n) is 17.6. The van der Waals surface area contributed by atoms with Crippen LogP contribution in [-0.4, -0.2) is 49.6 Å². The number of likely N-dealkylation sites (tertiary alicyclic amines) is 1. The maximum Gasteiger partial charge on any atom is 0.303 e. The van der Waals surface area contributed by atoms with E-state index in [0.717, 1.165) is 13.0 Å². The van der Waals surface area contributed by atoms with Crippen molar-refractivity contribution < 1.29 is 18.3 Å². The quantitative estimate of drug-likeness (QED) is 0.338. The van der Waals surface area contributed by atoms with Crippen LogP contribution in [0.4, 0.5) is 0 Å². The van der Waals surface area contributed by atoms with Crippen LogP contribution in [0, 0.1) is 0 Å². The molecular weight excluding hydrogens is 424 g/mol. The summed E-state index contributed by atoms with van der Waals surface area (Å²) in [7, 11) is -3.60. The normalized spacial score (nSPS) is 20.2. The fourth-order valence-corrected chi connectivity index (χ4v) is 5.11. The molecule has 1 aromatic rings. The molecule has 0 radical (unpaired) electrons. The van der Waals surface area contributed by atoms with Crippen LogP contribution in [-0.2, 0) is 14.8 Å². The highest BCUT2D eigenvalue weighted by Crippen LogP contribution is 2.23. The van der Waals surface area contributed by atoms with Crippen LogP contribution in [0.1, 0.15) is 58.3 Å². The molecule has 0 bridgehead atoms. The second-order valence-corrected chi connectivity index (χ2v) is 10.00. The monoisotopic (exact) mass is 456 g/mol. The number of carboxylic acid groups (broad SMARTS) is 1. The van der Waals surface area contributed by atoms with E-state index in [1.807, 2.05) is 6.08 Å². The van der Waals surface area contributed by atoms with Gasteiger partial charge in [-0.05, 0) is 56.5 Å². The predicted molar refractivity (Wildman–Crippen MR) is 120 cm³/mol. The Kier molecular flexibility index (Phi) is 10.3. The summed E-state index contributed by atoms with van der Waals surface area (Å²) in [5, 5.41) is 9.26. The Morgan fingerprint density at radius 2 is 1.97 bits per heavy atom. The third kappa shape index (κ3) is 8.38. The van der Waals surface area contributed by atoms with Gasteiger partial charge < -0.3 is 5.11 Å². The molecule has 0 spiro atoms. The number of sulfonamides is 1. The second kappa shape index (κ2) is 12.4. The second-order valence-electron chi connectivity index (χ2n) is 7.84. The Hall–Kier alpha value is -1.41. The predicted octanol–water partition coefficient (Wildman–Crippen LogP) is 4.45. The van der Waals surface area contributed by atoms with Crippen LogP contribution in [0.2, 0.25) is 5.02 Å². The number of halogens is 1. The summed E-state index contributed by atoms with van der Waals surface area (Å²) in [6.07, 6.45) is 11.0. The van der Waals surface area contributed by atoms with Crippen molar-refractivity contribution in [2.45, 2.75) is 75.3 Å². The SMILES string of the molecule is CCCCCCN1C[C@H](NS(=O)(=O)c2ccc(Cl)cc2)C[C@H]1/C=C\CCCC(=O)O. The van der Waals surface area contributed by atoms with Crippen molar-refractivity contribution in [3.05, 3.63) is 41.4 Å². The van der Waals surface area contributed by atoms with E-state index < -0.39 is 16.0 Å². The molecule has 168 valence electrons. The Morgan fingerprint density at radius 1 is 1.23 bits per heavy atom. The lowest BCUT2D eigenvalue weighted by Crippen LogP contribution is -2.37. The Labute approximate surface area is 185 Å². The van der Waals surface area contributed by atoms with Crippen LogP contribution >= 0.6 is 11.6 Å². The standard InChI is InChI=1S/C22H33ClN2O4S/c1-2-3-4-8-15-25-17-19(16-20(25)9-6-5-7-10-22(26)27)24-30(28,29)21-13-11-18(23)12-14-21/h6,9,11-14,19-20,24H,2-5,7-8,10,15-17H2,1H3,(H,26,27)/b9-6-/t19-,20-/m1/s1. The average molecular weight is 457 g/mol. The molecule has 0 aliphatic carbocycles. The van der Waals surface area contributed by atoms with Gasteiger partial charge in [0.05, 0.1) is 4.90 Å². The molecule has 1 heterocycles. The van der Waals surface area contributed by atoms with Gasteiger partial charge in [0.2, 0.25) is 10.0 Å². The van der Waals surface area contributed by atoms with E-state index in [0.29, 0.717) is 30.8 Å². The molecule has 6 nitrogen and oxygen atoms in total. The highest BCUT2D eigenvalue weighted by molar-refractivity contribution is 7.89. The van der Waals surface area contributed by atoms with Gasteiger partial charge in [0.1, 0.15) is 0 Å². The molecule has 1 saturated heterocycles. The van der Waals surface area contributed by atoms with E-state index in [9.17, 15) is 13.2 Å². The number of carbonyl (C=O) groups is 1. The highest BCUT2D eigenvalue weighted by Gasteiger charge is 2.32. The topological polar surface area (TPSA) is 86.7 Å². The van der Waals surface area contributed by atoms with Crippen LogP contribution in [0.15, 0.2) is 41.3 Å². The number of carboxylic acids is 1. The van der Waals surface area contributed by atoms with Crippen molar-refractivity contribution in [2.24, 2.45) is 0 Å². The molecule has 1 fully saturated rings. The van der Waals surface area contributed by atoms with Crippen molar-refractivity contribution in [3.63, 3.8) is 0 Å². The van der Waals surface area contributed by atoms with Gasteiger partial charge in [0, 0.05) is 30.1 Å². The third-order valence-corrected chi connectivity index (χ3v) is 7.10. The summed E-state index contributed by atoms with van der Waals surface area (Å²) >= 11 is 5.87. The van der Waals surface area contributed by atoms with Gasteiger partial charge >= 0.3 is 5.97 Å². The van der Waals surface area contributed by atoms with E-state index >= 15 is 0 Å². The molecule has 1 aliphatic rings. The minimum atomic E-state index is -3.60. The molecule has 30 heavy (non-hydrogen) atoms. The zero-order valence-corrected chi connectivity index (χ0v) is 19.2. The molecule has 1 aliphatic heterocycles. The van der Waals surface area contributed by atoms with Gasteiger partial charge in [-0.3, -0.25) is 9.69 Å². The first kappa shape index (κ1) is 24.9. The molecule has 0 unspecified atom stereocenters. The summed E-state index contributed by atoms with van der Waals surface area (Å²) in [5.41, 5.74) is 0. The van der Waals surface area contributed by atoms with E-state index in [4.69, 9.17) is 16.7 Å². The van der Waals surface area contributed by atoms with E-state index in [1.54, 1.807) is 12.1 Å². The van der Waals surface area contributed by atoms with Crippen LogP contribution in [0.5, 0.6) is 0 Å². The third-order valence-electron chi connectivity index (χ3n) is 5.31. The molecular formula is C22H33ClN2O4S. The van der Waals surface area contributed by atoms with Crippen molar-refractivity contribution >= 4 is 27.6 Å². The van der Waals surface area contributed by atoms with Gasteiger partial charge in [-0.2, -0.15) is 0 Å². The molecule has 2 N–H and O–H groups in total. The molecule has 8 heteroatoms. The molecule has 0 aromatic heterocycles. The first-order valence-electron chi connectivity index (χ1n) is 10.7. The number of hydrogen-bond acceptors (Lipinski definition) is 4. The van der Waals surface area contributed by atoms with Crippen molar-refractivity contribution in [3.8, 4) is 0 Å². The summed E-state index contributed by atoms with van der Waals surface area (Å²) in [4.78, 5) is 13.2. The molecule has 0 amide bonds. The Bertz CT molecular complexity index is 796. The summed E-state index contributed by atoms with van der Waals surface area (Å²) in [6.45, 7) is 3.78. The van der Waals surface area contributed by atoms with Crippen molar-refractivity contribution in [2.75, 3.05) is 13.1 Å². The molecule has 2 rings (SSSR count). The number of benzene rings is 1. The smallest absolute Gasteiger partial charge is 0.303 e. The number of nitrogens with zero attached hydrogens (tertiary/aromatic N) is 1. The van der Waals surface area contributed by atoms with Crippen molar-refractivity contribution in [1.29, 1.82) is 0 Å². The largest absolute Gasteiger partial charge is 0.481 e. The van der Waals surface area contributed by atoms with E-state index in [-0.39, 0.29) is 23.4 Å². The lowest BCUT2D eigenvalue weighted by Gasteiger charge is -2.21. The Balaban J connectivity index is 1.98. The summed E-state index contributed by atoms with van der Waals surface area (Å²) in [6, 6.07) is 6.19. The van der Waals surface area contributed by atoms with Crippen LogP contribution < -0.4 is 4.72 Å². The van der Waals surface area contributed by atoms with E-state index in [1.165, 1.54) is 31.4 Å². The summed E-state index contributed by atoms with van der Waals surface area (Å²) < 4.78 is 28.3. The van der Waals surface area contributed by atoms with Crippen molar-refractivity contribution in [1.82, 2.24) is 9.62 Å². The number of allylic oxidation sites excluding steroid dienone is 1. The number of nitrogens with one attached hydrogen (secondary N) is 1. The number of rotatable bonds is 13. The van der Waals surface area contributed by atoms with Gasteiger partial charge in [-0.1, -0.05) is 49.9 Å². The van der Waals surface area contributed by atoms with Crippen LogP contribution in [0.25, 0.3) is 0 Å². The first-order chi connectivity index (χ1) is 14.3. The maximum atomic E-state index is 12.7. The Morgan fingerprint density at radius 3 is 2.63 bits per heavy atom. The fraction of sp³-hybridized carbons (Fsp3) is 0.591. The highest BCUT2D eigenvalue weighted by atomic mass is 35.5. The first-order valence-corrected chi connectivity index (χ1v) is 12.6. The maximum absolute atomic E-state index is 12.7. The lowest BCUT2D eigenvalue weighted by atomic mass is 10.1. The van der Waals surface area contributed by atoms with Gasteiger partial charge in [0.15, 0.2) is 0 Å². The minimum Gasteiger partial charge on any atom is -0.481 e.